The molecule has 1 aliphatic rings. The number of rotatable bonds is 23. The fraction of sp³-hybridized carbons (Fsp3) is 0.561. The van der Waals surface area contributed by atoms with Crippen molar-refractivity contribution in [1.29, 1.82) is 0 Å². The number of piperidine rings is 1. The number of hydrogen-bond acceptors (Lipinski definition) is 9. The van der Waals surface area contributed by atoms with Crippen molar-refractivity contribution in [2.45, 2.75) is 109 Å². The molecular formula is C41H61N7O6. The Morgan fingerprint density at radius 1 is 0.741 bits per heavy atom. The Morgan fingerprint density at radius 2 is 1.31 bits per heavy atom. The van der Waals surface area contributed by atoms with Gasteiger partial charge in [-0.25, -0.2) is 0 Å². The molecule has 54 heavy (non-hydrogen) atoms. The Morgan fingerprint density at radius 3 is 1.87 bits per heavy atom. The van der Waals surface area contributed by atoms with Crippen molar-refractivity contribution < 1.29 is 28.8 Å². The van der Waals surface area contributed by atoms with Gasteiger partial charge in [0.2, 0.25) is 23.6 Å². The Bertz CT molecular complexity index is 1510. The van der Waals surface area contributed by atoms with Gasteiger partial charge in [-0.2, -0.15) is 0 Å². The first-order valence-electron chi connectivity index (χ1n) is 19.3. The lowest BCUT2D eigenvalue weighted by Gasteiger charge is -2.35. The number of likely N-dealkylation sites (tertiary alicyclic amines) is 1. The molecule has 2 aromatic carbocycles. The average Bonchev–Trinajstić information content (AvgIpc) is 3.14. The molecule has 0 aliphatic carbocycles. The van der Waals surface area contributed by atoms with Gasteiger partial charge >= 0.3 is 0 Å². The van der Waals surface area contributed by atoms with E-state index in [1.54, 1.807) is 4.90 Å². The third kappa shape index (κ3) is 15.1. The van der Waals surface area contributed by atoms with E-state index in [0.717, 1.165) is 11.1 Å². The van der Waals surface area contributed by atoms with Crippen LogP contribution in [0.2, 0.25) is 0 Å². The summed E-state index contributed by atoms with van der Waals surface area (Å²) >= 11 is 0. The van der Waals surface area contributed by atoms with Crippen LogP contribution in [0.1, 0.15) is 82.8 Å². The largest absolute Gasteiger partial charge is 0.370 e. The molecular weight excluding hydrogens is 686 g/mol. The Balaban J connectivity index is 1.72. The number of Topliss-reactive ketones (excluding diaryl/α,β-unsaturated/α-hetero) is 2. The highest BCUT2D eigenvalue weighted by atomic mass is 16.2. The maximum Gasteiger partial charge on any atom is 0.245 e. The summed E-state index contributed by atoms with van der Waals surface area (Å²) in [5, 5.41) is 5.87. The predicted octanol–water partition coefficient (Wildman–Crippen LogP) is 1.92. The van der Waals surface area contributed by atoms with Crippen molar-refractivity contribution in [3.63, 3.8) is 0 Å². The quantitative estimate of drug-likeness (QED) is 0.0911. The zero-order valence-corrected chi connectivity index (χ0v) is 31.9. The van der Waals surface area contributed by atoms with E-state index >= 15 is 0 Å². The summed E-state index contributed by atoms with van der Waals surface area (Å²) in [5.74, 6) is -2.86. The third-order valence-electron chi connectivity index (χ3n) is 10.0. The van der Waals surface area contributed by atoms with Crippen LogP contribution in [0.4, 0.5) is 0 Å². The lowest BCUT2D eigenvalue weighted by molar-refractivity contribution is -0.139. The molecule has 13 heteroatoms. The van der Waals surface area contributed by atoms with Crippen LogP contribution in [0.5, 0.6) is 0 Å². The second-order valence-corrected chi connectivity index (χ2v) is 15.1. The minimum Gasteiger partial charge on any atom is -0.370 e. The van der Waals surface area contributed by atoms with Gasteiger partial charge in [0.05, 0.1) is 18.1 Å². The van der Waals surface area contributed by atoms with E-state index in [4.69, 9.17) is 22.9 Å². The summed E-state index contributed by atoms with van der Waals surface area (Å²) in [6, 6.07) is 15.2. The molecule has 0 unspecified atom stereocenters. The van der Waals surface area contributed by atoms with Gasteiger partial charge < -0.3 is 38.5 Å². The number of amides is 4. The van der Waals surface area contributed by atoms with Gasteiger partial charge in [-0.15, -0.1) is 0 Å². The van der Waals surface area contributed by atoms with Crippen LogP contribution in [-0.4, -0.2) is 83.9 Å². The van der Waals surface area contributed by atoms with Crippen molar-refractivity contribution >= 4 is 35.2 Å². The molecule has 0 aromatic heterocycles. The summed E-state index contributed by atoms with van der Waals surface area (Å²) in [6.07, 6.45) is 3.67. The van der Waals surface area contributed by atoms with E-state index in [1.165, 1.54) is 0 Å². The van der Waals surface area contributed by atoms with Crippen LogP contribution in [0, 0.1) is 17.8 Å². The van der Waals surface area contributed by atoms with Crippen molar-refractivity contribution in [3.05, 3.63) is 71.8 Å². The number of benzene rings is 2. The third-order valence-corrected chi connectivity index (χ3v) is 10.0. The van der Waals surface area contributed by atoms with E-state index < -0.39 is 47.8 Å². The molecule has 0 radical (unpaired) electrons. The second-order valence-electron chi connectivity index (χ2n) is 15.1. The van der Waals surface area contributed by atoms with Gasteiger partial charge in [0.1, 0.15) is 11.8 Å². The number of primary amides is 1. The first-order valence-corrected chi connectivity index (χ1v) is 19.3. The van der Waals surface area contributed by atoms with E-state index in [-0.39, 0.29) is 55.0 Å². The number of unbranched alkanes of at least 4 members (excludes halogenated alkanes) is 1. The van der Waals surface area contributed by atoms with Gasteiger partial charge in [0.25, 0.3) is 0 Å². The van der Waals surface area contributed by atoms with Gasteiger partial charge in [0, 0.05) is 38.3 Å². The number of nitrogens with one attached hydrogen (secondary N) is 2. The number of hydrogen-bond donors (Lipinski definition) is 6. The SMILES string of the molecule is CC(C)C[C@@H](CC(=O)[C@@H](Cc1ccccc1)NC(=O)[C@H](N)Cc1ccccc1)C(=O)N[C@H](CCCCN)C(=O)N1CCC(CC(=O)[C@@H](N)CC(N)=O)CC1. The summed E-state index contributed by atoms with van der Waals surface area (Å²) in [5.41, 5.74) is 24.8. The Hall–Kier alpha value is -4.46. The predicted molar refractivity (Wildman–Crippen MR) is 208 cm³/mol. The van der Waals surface area contributed by atoms with E-state index in [2.05, 4.69) is 10.6 Å². The van der Waals surface area contributed by atoms with Crippen LogP contribution in [-0.2, 0) is 41.6 Å². The van der Waals surface area contributed by atoms with E-state index in [0.29, 0.717) is 64.6 Å². The molecule has 4 amide bonds. The van der Waals surface area contributed by atoms with Crippen molar-refractivity contribution in [3.8, 4) is 0 Å². The molecule has 1 aliphatic heterocycles. The smallest absolute Gasteiger partial charge is 0.245 e. The molecule has 0 spiro atoms. The fourth-order valence-corrected chi connectivity index (χ4v) is 6.96. The standard InChI is InChI=1S/C41H61N7O6/c1-27(2)21-31(25-37(50)35(23-29-13-7-4-8-14-29)47-40(53)33(44)22-28-11-5-3-6-12-28)39(52)46-34(15-9-10-18-42)41(54)48-19-16-30(17-20-48)24-36(49)32(43)26-38(45)51/h3-8,11-14,27,30-35H,9-10,15-26,42-44H2,1-2H3,(H2,45,51)(H,46,52)(H,47,53)/t31-,32-,33+,34+,35+/m0/s1. The molecule has 0 bridgehead atoms. The van der Waals surface area contributed by atoms with Crippen LogP contribution in [0.15, 0.2) is 60.7 Å². The first kappa shape index (κ1) is 43.9. The summed E-state index contributed by atoms with van der Waals surface area (Å²) < 4.78 is 0. The van der Waals surface area contributed by atoms with E-state index in [1.807, 2.05) is 74.5 Å². The first-order chi connectivity index (χ1) is 25.8. The number of carbonyl (C=O) groups excluding carboxylic acids is 6. The Labute approximate surface area is 319 Å². The molecule has 13 nitrogen and oxygen atoms in total. The zero-order valence-electron chi connectivity index (χ0n) is 31.9. The number of carbonyl (C=O) groups is 6. The molecule has 2 aromatic rings. The number of nitrogens with zero attached hydrogens (tertiary/aromatic N) is 1. The molecule has 1 heterocycles. The molecule has 3 rings (SSSR count). The Kier molecular flexibility index (Phi) is 18.5. The van der Waals surface area contributed by atoms with Crippen molar-refractivity contribution in [1.82, 2.24) is 15.5 Å². The highest BCUT2D eigenvalue weighted by Crippen LogP contribution is 2.24. The minimum atomic E-state index is -0.933. The molecule has 296 valence electrons. The fourth-order valence-electron chi connectivity index (χ4n) is 6.96. The number of ketones is 2. The van der Waals surface area contributed by atoms with Crippen molar-refractivity contribution in [2.75, 3.05) is 19.6 Å². The highest BCUT2D eigenvalue weighted by molar-refractivity contribution is 5.95. The normalized spacial score (nSPS) is 16.1. The topological polar surface area (TPSA) is 234 Å². The summed E-state index contributed by atoms with van der Waals surface area (Å²) in [4.78, 5) is 80.7. The van der Waals surface area contributed by atoms with Crippen LogP contribution in [0.25, 0.3) is 0 Å². The molecule has 0 saturated carbocycles. The minimum absolute atomic E-state index is 0.0180. The van der Waals surface area contributed by atoms with Gasteiger partial charge in [0.15, 0.2) is 5.78 Å². The summed E-state index contributed by atoms with van der Waals surface area (Å²) in [6.45, 7) is 5.20. The van der Waals surface area contributed by atoms with Gasteiger partial charge in [-0.05, 0) is 80.9 Å². The van der Waals surface area contributed by atoms with Crippen LogP contribution in [0.3, 0.4) is 0 Å². The van der Waals surface area contributed by atoms with Crippen LogP contribution >= 0.6 is 0 Å². The molecule has 1 fully saturated rings. The molecule has 5 atom stereocenters. The average molecular weight is 748 g/mol. The van der Waals surface area contributed by atoms with Crippen molar-refractivity contribution in [2.24, 2.45) is 40.7 Å². The molecule has 1 saturated heterocycles. The van der Waals surface area contributed by atoms with E-state index in [9.17, 15) is 28.8 Å². The monoisotopic (exact) mass is 747 g/mol. The second kappa shape index (κ2) is 22.7. The highest BCUT2D eigenvalue weighted by Gasteiger charge is 2.34. The zero-order chi connectivity index (χ0) is 39.6. The van der Waals surface area contributed by atoms with Gasteiger partial charge in [-0.1, -0.05) is 74.5 Å². The lowest BCUT2D eigenvalue weighted by atomic mass is 9.87. The van der Waals surface area contributed by atoms with Crippen LogP contribution < -0.4 is 33.6 Å². The van der Waals surface area contributed by atoms with Gasteiger partial charge in [-0.3, -0.25) is 28.8 Å². The molecule has 10 N–H and O–H groups in total. The summed E-state index contributed by atoms with van der Waals surface area (Å²) in [7, 11) is 0. The maximum atomic E-state index is 14.1. The lowest BCUT2D eigenvalue weighted by Crippen LogP contribution is -2.53. The number of nitrogens with two attached hydrogens (primary N) is 4. The maximum absolute atomic E-state index is 14.1.